The van der Waals surface area contributed by atoms with Gasteiger partial charge in [0, 0.05) is 37.0 Å². The second-order valence-corrected chi connectivity index (χ2v) is 8.53. The fourth-order valence-electron chi connectivity index (χ4n) is 4.45. The standard InChI is InChI=1S/C22H21FN4OS/c1-26-10-2-4-17(26)18-5-3-11-27(18)12-19-24-21(28)20-16(13-29-22(20)25-19)14-6-8-15(23)9-7-14/h2,4,6-10,13,18H,3,5,11-12H2,1H3,(H,24,25,28)/p+1/t18-/m1/s1. The summed E-state index contributed by atoms with van der Waals surface area (Å²) in [7, 11) is 2.08. The van der Waals surface area contributed by atoms with E-state index in [4.69, 9.17) is 4.98 Å². The van der Waals surface area contributed by atoms with Crippen LogP contribution in [-0.2, 0) is 13.6 Å². The lowest BCUT2D eigenvalue weighted by Gasteiger charge is -2.21. The van der Waals surface area contributed by atoms with Crippen molar-refractivity contribution in [1.82, 2.24) is 14.5 Å². The zero-order chi connectivity index (χ0) is 20.0. The van der Waals surface area contributed by atoms with Gasteiger partial charge in [-0.2, -0.15) is 0 Å². The quantitative estimate of drug-likeness (QED) is 0.544. The summed E-state index contributed by atoms with van der Waals surface area (Å²) < 4.78 is 15.4. The molecule has 0 spiro atoms. The minimum absolute atomic E-state index is 0.125. The topological polar surface area (TPSA) is 55.1 Å². The fourth-order valence-corrected chi connectivity index (χ4v) is 5.42. The van der Waals surface area contributed by atoms with E-state index in [1.807, 2.05) is 5.38 Å². The van der Waals surface area contributed by atoms with Crippen LogP contribution < -0.4 is 10.5 Å². The molecule has 148 valence electrons. The first kappa shape index (κ1) is 18.3. The number of H-pyrrole nitrogens is 1. The summed E-state index contributed by atoms with van der Waals surface area (Å²) in [6.07, 6.45) is 4.40. The van der Waals surface area contributed by atoms with Gasteiger partial charge in [-0.05, 0) is 29.8 Å². The number of thiophene rings is 1. The summed E-state index contributed by atoms with van der Waals surface area (Å²) >= 11 is 1.46. The van der Waals surface area contributed by atoms with Gasteiger partial charge >= 0.3 is 0 Å². The van der Waals surface area contributed by atoms with Crippen LogP contribution in [-0.4, -0.2) is 21.1 Å². The lowest BCUT2D eigenvalue weighted by atomic mass is 10.1. The number of benzene rings is 1. The van der Waals surface area contributed by atoms with Crippen molar-refractivity contribution < 1.29 is 9.29 Å². The number of nitrogens with zero attached hydrogens (tertiary/aromatic N) is 2. The highest BCUT2D eigenvalue weighted by molar-refractivity contribution is 7.17. The molecule has 0 bridgehead atoms. The number of halogens is 1. The van der Waals surface area contributed by atoms with Crippen LogP contribution >= 0.6 is 11.3 Å². The molecule has 1 aliphatic rings. The molecule has 4 heterocycles. The van der Waals surface area contributed by atoms with Crippen LogP contribution in [0.4, 0.5) is 4.39 Å². The van der Waals surface area contributed by atoms with Crippen LogP contribution in [0.3, 0.4) is 0 Å². The third-order valence-corrected chi connectivity index (χ3v) is 6.74. The van der Waals surface area contributed by atoms with Crippen molar-refractivity contribution in [2.45, 2.75) is 25.4 Å². The Morgan fingerprint density at radius 2 is 2.14 bits per heavy atom. The first-order chi connectivity index (χ1) is 14.1. The van der Waals surface area contributed by atoms with Crippen LogP contribution in [0.15, 0.2) is 52.8 Å². The highest BCUT2D eigenvalue weighted by Gasteiger charge is 2.32. The summed E-state index contributed by atoms with van der Waals surface area (Å²) in [6, 6.07) is 10.9. The van der Waals surface area contributed by atoms with Gasteiger partial charge < -0.3 is 14.5 Å². The molecule has 4 aromatic rings. The Labute approximate surface area is 171 Å². The van der Waals surface area contributed by atoms with Gasteiger partial charge in [-0.1, -0.05) is 12.1 Å². The first-order valence-corrected chi connectivity index (χ1v) is 10.7. The maximum atomic E-state index is 13.2. The van der Waals surface area contributed by atoms with Gasteiger partial charge in [0.2, 0.25) is 0 Å². The smallest absolute Gasteiger partial charge is 0.260 e. The number of hydrogen-bond donors (Lipinski definition) is 2. The summed E-state index contributed by atoms with van der Waals surface area (Å²) in [6.45, 7) is 1.77. The van der Waals surface area contributed by atoms with Gasteiger partial charge in [0.1, 0.15) is 23.2 Å². The number of hydrogen-bond acceptors (Lipinski definition) is 3. The third kappa shape index (κ3) is 3.30. The molecule has 2 N–H and O–H groups in total. The molecular formula is C22H22FN4OS+. The van der Waals surface area contributed by atoms with E-state index in [2.05, 4.69) is 34.9 Å². The second-order valence-electron chi connectivity index (χ2n) is 7.67. The largest absolute Gasteiger partial charge is 0.350 e. The van der Waals surface area contributed by atoms with E-state index in [0.717, 1.165) is 34.7 Å². The van der Waals surface area contributed by atoms with E-state index in [1.54, 1.807) is 12.1 Å². The van der Waals surface area contributed by atoms with E-state index < -0.39 is 0 Å². The van der Waals surface area contributed by atoms with Crippen LogP contribution in [0.2, 0.25) is 0 Å². The maximum Gasteiger partial charge on any atom is 0.260 e. The van der Waals surface area contributed by atoms with Gasteiger partial charge in [0.15, 0.2) is 5.82 Å². The molecule has 0 amide bonds. The predicted molar refractivity (Wildman–Crippen MR) is 113 cm³/mol. The number of aromatic nitrogens is 3. The molecule has 1 saturated heterocycles. The number of rotatable bonds is 4. The number of aryl methyl sites for hydroxylation is 1. The number of nitrogens with one attached hydrogen (secondary N) is 2. The Bertz CT molecular complexity index is 1220. The average molecular weight is 410 g/mol. The molecule has 1 aromatic carbocycles. The molecule has 2 atom stereocenters. The van der Waals surface area contributed by atoms with Crippen molar-refractivity contribution in [3.63, 3.8) is 0 Å². The first-order valence-electron chi connectivity index (χ1n) is 9.82. The Morgan fingerprint density at radius 1 is 1.31 bits per heavy atom. The Kier molecular flexibility index (Phi) is 4.56. The number of likely N-dealkylation sites (tertiary alicyclic amines) is 1. The minimum atomic E-state index is -0.288. The number of aromatic amines is 1. The summed E-state index contributed by atoms with van der Waals surface area (Å²) in [4.78, 5) is 22.8. The Morgan fingerprint density at radius 3 is 2.90 bits per heavy atom. The van der Waals surface area contributed by atoms with E-state index in [-0.39, 0.29) is 11.4 Å². The lowest BCUT2D eigenvalue weighted by molar-refractivity contribution is -0.933. The normalized spacial score (nSPS) is 19.2. The molecule has 1 aliphatic heterocycles. The van der Waals surface area contributed by atoms with Crippen LogP contribution in [0.5, 0.6) is 0 Å². The van der Waals surface area contributed by atoms with Crippen molar-refractivity contribution in [2.24, 2.45) is 7.05 Å². The molecule has 1 fully saturated rings. The molecule has 5 nitrogen and oxygen atoms in total. The number of quaternary nitrogens is 1. The average Bonchev–Trinajstić information content (AvgIpc) is 3.42. The van der Waals surface area contributed by atoms with E-state index in [0.29, 0.717) is 18.0 Å². The molecule has 0 saturated carbocycles. The summed E-state index contributed by atoms with van der Waals surface area (Å²) in [5.41, 5.74) is 2.84. The maximum absolute atomic E-state index is 13.2. The van der Waals surface area contributed by atoms with Crippen molar-refractivity contribution in [2.75, 3.05) is 6.54 Å². The molecule has 0 radical (unpaired) electrons. The SMILES string of the molecule is Cn1cccc1[C@H]1CCC[NH+]1Cc1nc2scc(-c3ccc(F)cc3)c2c(=O)[nH]1. The van der Waals surface area contributed by atoms with E-state index in [9.17, 15) is 9.18 Å². The third-order valence-electron chi connectivity index (χ3n) is 5.87. The Hall–Kier alpha value is -2.77. The van der Waals surface area contributed by atoms with Gasteiger partial charge in [0.05, 0.1) is 17.6 Å². The fraction of sp³-hybridized carbons (Fsp3) is 0.273. The highest BCUT2D eigenvalue weighted by atomic mass is 32.1. The molecule has 29 heavy (non-hydrogen) atoms. The molecule has 7 heteroatoms. The van der Waals surface area contributed by atoms with Crippen molar-refractivity contribution in [3.8, 4) is 11.1 Å². The zero-order valence-electron chi connectivity index (χ0n) is 16.1. The summed E-state index contributed by atoms with van der Waals surface area (Å²) in [5.74, 6) is 0.440. The van der Waals surface area contributed by atoms with Crippen molar-refractivity contribution in [3.05, 3.63) is 75.7 Å². The molecule has 5 rings (SSSR count). The van der Waals surface area contributed by atoms with Gasteiger partial charge in [0.25, 0.3) is 5.56 Å². The van der Waals surface area contributed by atoms with E-state index >= 15 is 0 Å². The van der Waals surface area contributed by atoms with Crippen molar-refractivity contribution in [1.29, 1.82) is 0 Å². The predicted octanol–water partition coefficient (Wildman–Crippen LogP) is 3.05. The number of fused-ring (bicyclic) bond motifs is 1. The van der Waals surface area contributed by atoms with E-state index in [1.165, 1.54) is 40.5 Å². The van der Waals surface area contributed by atoms with Crippen LogP contribution in [0, 0.1) is 5.82 Å². The zero-order valence-corrected chi connectivity index (χ0v) is 16.9. The Balaban J connectivity index is 1.47. The summed E-state index contributed by atoms with van der Waals surface area (Å²) in [5, 5.41) is 2.51. The van der Waals surface area contributed by atoms with Gasteiger partial charge in [-0.15, -0.1) is 11.3 Å². The molecule has 0 aliphatic carbocycles. The lowest BCUT2D eigenvalue weighted by Crippen LogP contribution is -3.09. The van der Waals surface area contributed by atoms with Crippen molar-refractivity contribution >= 4 is 21.6 Å². The van der Waals surface area contributed by atoms with Gasteiger partial charge in [-0.3, -0.25) is 4.79 Å². The van der Waals surface area contributed by atoms with Crippen LogP contribution in [0.25, 0.3) is 21.3 Å². The molecule has 3 aromatic heterocycles. The van der Waals surface area contributed by atoms with Gasteiger partial charge in [-0.25, -0.2) is 9.37 Å². The molecule has 1 unspecified atom stereocenters. The minimum Gasteiger partial charge on any atom is -0.350 e. The monoisotopic (exact) mass is 409 g/mol. The van der Waals surface area contributed by atoms with Crippen LogP contribution in [0.1, 0.15) is 30.4 Å². The second kappa shape index (κ2) is 7.24. The molecular weight excluding hydrogens is 387 g/mol. The highest BCUT2D eigenvalue weighted by Crippen LogP contribution is 2.30.